The van der Waals surface area contributed by atoms with Crippen molar-refractivity contribution in [3.05, 3.63) is 53.1 Å². The SMILES string of the molecule is CCOc1cc2c(cc1CNC(=O)CCc1ccc(S(=O)(=O)N3CCCC3)cc1)OC(C)C2. The first-order valence-electron chi connectivity index (χ1n) is 11.7. The quantitative estimate of drug-likeness (QED) is 0.604. The Balaban J connectivity index is 1.31. The Morgan fingerprint density at radius 1 is 1.18 bits per heavy atom. The van der Waals surface area contributed by atoms with E-state index in [1.165, 1.54) is 4.31 Å². The third kappa shape index (κ3) is 5.50. The summed E-state index contributed by atoms with van der Waals surface area (Å²) in [5.41, 5.74) is 2.96. The van der Waals surface area contributed by atoms with Gasteiger partial charge in [0.1, 0.15) is 17.6 Å². The van der Waals surface area contributed by atoms with Crippen LogP contribution in [0.25, 0.3) is 0 Å². The van der Waals surface area contributed by atoms with Gasteiger partial charge in [0, 0.05) is 43.6 Å². The first kappa shape index (κ1) is 23.6. The van der Waals surface area contributed by atoms with Crippen molar-refractivity contribution < 1.29 is 22.7 Å². The van der Waals surface area contributed by atoms with E-state index in [9.17, 15) is 13.2 Å². The lowest BCUT2D eigenvalue weighted by atomic mass is 10.1. The molecule has 2 aliphatic heterocycles. The Morgan fingerprint density at radius 2 is 1.91 bits per heavy atom. The van der Waals surface area contributed by atoms with E-state index in [1.54, 1.807) is 24.3 Å². The summed E-state index contributed by atoms with van der Waals surface area (Å²) in [6, 6.07) is 10.8. The van der Waals surface area contributed by atoms with Gasteiger partial charge in [0.25, 0.3) is 0 Å². The van der Waals surface area contributed by atoms with Gasteiger partial charge in [-0.05, 0) is 62.9 Å². The minimum atomic E-state index is -3.41. The number of sulfonamides is 1. The van der Waals surface area contributed by atoms with Crippen LogP contribution in [-0.2, 0) is 34.2 Å². The number of aryl methyl sites for hydroxylation is 1. The summed E-state index contributed by atoms with van der Waals surface area (Å²) in [6.07, 6.45) is 3.70. The molecule has 8 heteroatoms. The highest BCUT2D eigenvalue weighted by Gasteiger charge is 2.27. The van der Waals surface area contributed by atoms with Crippen molar-refractivity contribution in [1.82, 2.24) is 9.62 Å². The second kappa shape index (κ2) is 10.1. The number of amides is 1. The van der Waals surface area contributed by atoms with Gasteiger partial charge in [0.15, 0.2) is 0 Å². The molecule has 2 heterocycles. The van der Waals surface area contributed by atoms with Gasteiger partial charge in [-0.3, -0.25) is 4.79 Å². The van der Waals surface area contributed by atoms with Crippen LogP contribution in [0.15, 0.2) is 41.3 Å². The molecule has 1 unspecified atom stereocenters. The molecular weight excluding hydrogens is 440 g/mol. The maximum absolute atomic E-state index is 12.6. The lowest BCUT2D eigenvalue weighted by Gasteiger charge is -2.15. The second-order valence-corrected chi connectivity index (χ2v) is 10.6. The van der Waals surface area contributed by atoms with Gasteiger partial charge in [-0.25, -0.2) is 8.42 Å². The molecular formula is C25H32N2O5S. The molecule has 0 aromatic heterocycles. The van der Waals surface area contributed by atoms with Gasteiger partial charge in [-0.2, -0.15) is 4.31 Å². The molecule has 2 aromatic carbocycles. The van der Waals surface area contributed by atoms with Gasteiger partial charge < -0.3 is 14.8 Å². The van der Waals surface area contributed by atoms with Crippen LogP contribution in [0.3, 0.4) is 0 Å². The van der Waals surface area contributed by atoms with Crippen LogP contribution < -0.4 is 14.8 Å². The van der Waals surface area contributed by atoms with E-state index in [1.807, 2.05) is 26.0 Å². The van der Waals surface area contributed by atoms with Gasteiger partial charge >= 0.3 is 0 Å². The zero-order chi connectivity index (χ0) is 23.4. The molecule has 0 saturated carbocycles. The third-order valence-corrected chi connectivity index (χ3v) is 8.03. The van der Waals surface area contributed by atoms with E-state index in [0.29, 0.717) is 44.0 Å². The molecule has 0 spiro atoms. The van der Waals surface area contributed by atoms with E-state index < -0.39 is 10.0 Å². The highest BCUT2D eigenvalue weighted by molar-refractivity contribution is 7.89. The summed E-state index contributed by atoms with van der Waals surface area (Å²) >= 11 is 0. The fraction of sp³-hybridized carbons (Fsp3) is 0.480. The second-order valence-electron chi connectivity index (χ2n) is 8.67. The Bertz CT molecular complexity index is 1090. The van der Waals surface area contributed by atoms with Crippen molar-refractivity contribution in [3.63, 3.8) is 0 Å². The van der Waals surface area contributed by atoms with Crippen LogP contribution in [0.5, 0.6) is 11.5 Å². The summed E-state index contributed by atoms with van der Waals surface area (Å²) in [6.45, 7) is 6.08. The first-order valence-corrected chi connectivity index (χ1v) is 13.1. The smallest absolute Gasteiger partial charge is 0.243 e. The topological polar surface area (TPSA) is 84.9 Å². The molecule has 2 aliphatic rings. The molecule has 1 amide bonds. The Hall–Kier alpha value is -2.58. The minimum absolute atomic E-state index is 0.0685. The number of fused-ring (bicyclic) bond motifs is 1. The minimum Gasteiger partial charge on any atom is -0.494 e. The van der Waals surface area contributed by atoms with Crippen molar-refractivity contribution in [1.29, 1.82) is 0 Å². The molecule has 1 atom stereocenters. The summed E-state index contributed by atoms with van der Waals surface area (Å²) in [5, 5.41) is 2.97. The largest absolute Gasteiger partial charge is 0.494 e. The molecule has 1 fully saturated rings. The molecule has 1 saturated heterocycles. The Kier molecular flexibility index (Phi) is 7.24. The molecule has 33 heavy (non-hydrogen) atoms. The van der Waals surface area contributed by atoms with E-state index in [-0.39, 0.29) is 12.0 Å². The Morgan fingerprint density at radius 3 is 2.61 bits per heavy atom. The maximum Gasteiger partial charge on any atom is 0.243 e. The third-order valence-electron chi connectivity index (χ3n) is 6.12. The molecule has 0 aliphatic carbocycles. The van der Waals surface area contributed by atoms with Gasteiger partial charge in [-0.15, -0.1) is 0 Å². The predicted molar refractivity (Wildman–Crippen MR) is 126 cm³/mol. The van der Waals surface area contributed by atoms with E-state index >= 15 is 0 Å². The number of carbonyl (C=O) groups excluding carboxylic acids is 1. The summed E-state index contributed by atoms with van der Waals surface area (Å²) in [7, 11) is -3.41. The van der Waals surface area contributed by atoms with E-state index in [2.05, 4.69) is 5.32 Å². The lowest BCUT2D eigenvalue weighted by molar-refractivity contribution is -0.121. The summed E-state index contributed by atoms with van der Waals surface area (Å²) in [5.74, 6) is 1.57. The van der Waals surface area contributed by atoms with Crippen LogP contribution in [0.2, 0.25) is 0 Å². The highest BCUT2D eigenvalue weighted by atomic mass is 32.2. The molecule has 178 valence electrons. The number of ether oxygens (including phenoxy) is 2. The van der Waals surface area contributed by atoms with E-state index in [4.69, 9.17) is 9.47 Å². The van der Waals surface area contributed by atoms with Crippen LogP contribution in [0.4, 0.5) is 0 Å². The predicted octanol–water partition coefficient (Wildman–Crippen LogP) is 3.44. The normalized spacial score (nSPS) is 18.1. The van der Waals surface area contributed by atoms with Crippen molar-refractivity contribution in [2.75, 3.05) is 19.7 Å². The monoisotopic (exact) mass is 472 g/mol. The number of hydrogen-bond donors (Lipinski definition) is 1. The molecule has 0 radical (unpaired) electrons. The summed E-state index contributed by atoms with van der Waals surface area (Å²) in [4.78, 5) is 12.8. The number of rotatable bonds is 9. The number of benzene rings is 2. The van der Waals surface area contributed by atoms with Crippen LogP contribution in [0, 0.1) is 0 Å². The number of carbonyl (C=O) groups is 1. The van der Waals surface area contributed by atoms with Gasteiger partial charge in [0.05, 0.1) is 11.5 Å². The van der Waals surface area contributed by atoms with Crippen molar-refractivity contribution >= 4 is 15.9 Å². The zero-order valence-corrected chi connectivity index (χ0v) is 20.1. The number of hydrogen-bond acceptors (Lipinski definition) is 5. The summed E-state index contributed by atoms with van der Waals surface area (Å²) < 4.78 is 38.4. The molecule has 2 aromatic rings. The van der Waals surface area contributed by atoms with Crippen molar-refractivity contribution in [3.8, 4) is 11.5 Å². The average Bonchev–Trinajstić information content (AvgIpc) is 3.46. The van der Waals surface area contributed by atoms with Crippen molar-refractivity contribution in [2.45, 2.75) is 63.5 Å². The number of nitrogens with one attached hydrogen (secondary N) is 1. The molecule has 4 rings (SSSR count). The van der Waals surface area contributed by atoms with E-state index in [0.717, 1.165) is 47.5 Å². The molecule has 7 nitrogen and oxygen atoms in total. The van der Waals surface area contributed by atoms with Gasteiger partial charge in [0.2, 0.25) is 15.9 Å². The number of nitrogens with zero attached hydrogens (tertiary/aromatic N) is 1. The van der Waals surface area contributed by atoms with Crippen LogP contribution >= 0.6 is 0 Å². The zero-order valence-electron chi connectivity index (χ0n) is 19.3. The Labute approximate surface area is 196 Å². The van der Waals surface area contributed by atoms with Crippen LogP contribution in [0.1, 0.15) is 49.8 Å². The van der Waals surface area contributed by atoms with Gasteiger partial charge in [-0.1, -0.05) is 12.1 Å². The van der Waals surface area contributed by atoms with Crippen molar-refractivity contribution in [2.24, 2.45) is 0 Å². The molecule has 0 bridgehead atoms. The maximum atomic E-state index is 12.6. The fourth-order valence-electron chi connectivity index (χ4n) is 4.36. The van der Waals surface area contributed by atoms with Crippen LogP contribution in [-0.4, -0.2) is 44.4 Å². The lowest BCUT2D eigenvalue weighted by Crippen LogP contribution is -2.27. The first-order chi connectivity index (χ1) is 15.9. The average molecular weight is 473 g/mol. The standard InChI is InChI=1S/C25H32N2O5S/c1-3-31-23-15-20-14-18(2)32-24(20)16-21(23)17-26-25(28)11-8-19-6-9-22(10-7-19)33(29,30)27-12-4-5-13-27/h6-7,9-10,15-16,18H,3-5,8,11-14,17H2,1-2H3,(H,26,28). The fourth-order valence-corrected chi connectivity index (χ4v) is 5.87. The molecule has 1 N–H and O–H groups in total. The highest BCUT2D eigenvalue weighted by Crippen LogP contribution is 2.35.